The number of carboxylic acids is 1. The van der Waals surface area contributed by atoms with Crippen molar-refractivity contribution in [2.24, 2.45) is 5.73 Å². The second-order valence-corrected chi connectivity index (χ2v) is 8.97. The monoisotopic (exact) mass is 355 g/mol. The van der Waals surface area contributed by atoms with Gasteiger partial charge in [0.25, 0.3) is 5.91 Å². The lowest BCUT2D eigenvalue weighted by molar-refractivity contribution is -0.168. The fourth-order valence-electron chi connectivity index (χ4n) is 3.05. The molecule has 3 atom stereocenters. The third-order valence-corrected chi connectivity index (χ3v) is 6.61. The first-order chi connectivity index (χ1) is 10.7. The van der Waals surface area contributed by atoms with Gasteiger partial charge in [0.05, 0.1) is 6.42 Å². The molecule has 9 heteroatoms. The van der Waals surface area contributed by atoms with Crippen LogP contribution in [-0.2, 0) is 20.8 Å². The standard InChI is InChI=1S/C14H17N3O4S2/c1-13(2)9(10(19)20)17-11(21)14(15,12(17)23-13)16-8(18)6-7-4-3-5-22-7/h3-5,9,12H,6,15H2,1-2H3,(H,16,18)(H,19,20)/t9-,12+,14?/m0/s1. The minimum Gasteiger partial charge on any atom is -0.480 e. The van der Waals surface area contributed by atoms with Gasteiger partial charge in [-0.1, -0.05) is 6.07 Å². The van der Waals surface area contributed by atoms with Crippen LogP contribution in [0.4, 0.5) is 0 Å². The van der Waals surface area contributed by atoms with Gasteiger partial charge in [0.2, 0.25) is 5.91 Å². The van der Waals surface area contributed by atoms with Crippen LogP contribution in [0.3, 0.4) is 0 Å². The van der Waals surface area contributed by atoms with E-state index in [1.54, 1.807) is 13.8 Å². The number of fused-ring (bicyclic) bond motifs is 1. The maximum atomic E-state index is 12.4. The maximum absolute atomic E-state index is 12.4. The van der Waals surface area contributed by atoms with Gasteiger partial charge in [0.1, 0.15) is 11.4 Å². The molecule has 0 aromatic carbocycles. The second-order valence-electron chi connectivity index (χ2n) is 6.20. The first kappa shape index (κ1) is 16.3. The van der Waals surface area contributed by atoms with Gasteiger partial charge in [0, 0.05) is 9.62 Å². The van der Waals surface area contributed by atoms with Crippen molar-refractivity contribution in [1.29, 1.82) is 0 Å². The quantitative estimate of drug-likeness (QED) is 0.526. The van der Waals surface area contributed by atoms with Gasteiger partial charge in [-0.25, -0.2) is 4.79 Å². The zero-order valence-electron chi connectivity index (χ0n) is 12.6. The van der Waals surface area contributed by atoms with E-state index in [0.29, 0.717) is 0 Å². The molecular weight excluding hydrogens is 338 g/mol. The van der Waals surface area contributed by atoms with Crippen molar-refractivity contribution >= 4 is 40.9 Å². The van der Waals surface area contributed by atoms with Crippen LogP contribution >= 0.6 is 23.1 Å². The van der Waals surface area contributed by atoms with Crippen molar-refractivity contribution in [3.8, 4) is 0 Å². The number of amides is 2. The van der Waals surface area contributed by atoms with Crippen molar-refractivity contribution < 1.29 is 19.5 Å². The molecule has 1 aromatic rings. The molecule has 7 nitrogen and oxygen atoms in total. The summed E-state index contributed by atoms with van der Waals surface area (Å²) in [6, 6.07) is 2.72. The van der Waals surface area contributed by atoms with E-state index in [-0.39, 0.29) is 12.3 Å². The smallest absolute Gasteiger partial charge is 0.327 e. The number of carbonyl (C=O) groups is 3. The molecule has 4 N–H and O–H groups in total. The molecule has 0 saturated carbocycles. The molecule has 3 heterocycles. The number of β-lactam (4-membered cyclic amide) rings is 1. The van der Waals surface area contributed by atoms with Crippen LogP contribution in [0.25, 0.3) is 0 Å². The number of carboxylic acid groups (broad SMARTS) is 1. The highest BCUT2D eigenvalue weighted by molar-refractivity contribution is 8.01. The predicted molar refractivity (Wildman–Crippen MR) is 86.8 cm³/mol. The van der Waals surface area contributed by atoms with E-state index in [1.165, 1.54) is 28.0 Å². The van der Waals surface area contributed by atoms with E-state index >= 15 is 0 Å². The zero-order valence-corrected chi connectivity index (χ0v) is 14.2. The van der Waals surface area contributed by atoms with Crippen molar-refractivity contribution in [2.45, 2.75) is 42.1 Å². The highest BCUT2D eigenvalue weighted by atomic mass is 32.2. The van der Waals surface area contributed by atoms with Crippen molar-refractivity contribution in [3.05, 3.63) is 22.4 Å². The van der Waals surface area contributed by atoms with E-state index in [1.807, 2.05) is 17.5 Å². The summed E-state index contributed by atoms with van der Waals surface area (Å²) >= 11 is 2.75. The first-order valence-corrected chi connectivity index (χ1v) is 8.78. The Bertz CT molecular complexity index is 676. The van der Waals surface area contributed by atoms with Crippen LogP contribution < -0.4 is 11.1 Å². The predicted octanol–water partition coefficient (Wildman–Crippen LogP) is 0.209. The molecule has 2 aliphatic rings. The fourth-order valence-corrected chi connectivity index (χ4v) is 5.35. The van der Waals surface area contributed by atoms with E-state index in [4.69, 9.17) is 5.73 Å². The molecule has 2 amide bonds. The third kappa shape index (κ3) is 2.43. The molecule has 3 rings (SSSR count). The maximum Gasteiger partial charge on any atom is 0.327 e. The Morgan fingerprint density at radius 2 is 2.17 bits per heavy atom. The lowest BCUT2D eigenvalue weighted by atomic mass is 9.92. The normalized spacial score (nSPS) is 31.4. The Kier molecular flexibility index (Phi) is 3.69. The number of nitrogens with one attached hydrogen (secondary N) is 1. The second kappa shape index (κ2) is 5.22. The molecule has 0 bridgehead atoms. The number of nitrogens with two attached hydrogens (primary N) is 1. The Balaban J connectivity index is 1.76. The molecule has 0 aliphatic carbocycles. The van der Waals surface area contributed by atoms with Gasteiger partial charge in [-0.2, -0.15) is 0 Å². The Morgan fingerprint density at radius 1 is 1.48 bits per heavy atom. The van der Waals surface area contributed by atoms with Crippen molar-refractivity contribution in [3.63, 3.8) is 0 Å². The highest BCUT2D eigenvalue weighted by Crippen LogP contribution is 2.53. The summed E-state index contributed by atoms with van der Waals surface area (Å²) in [6.07, 6.45) is 0.146. The SMILES string of the molecule is CC1(C)S[C@H]2N(C(=O)C2(N)NC(=O)Cc2cccs2)[C@H]1C(=O)O. The number of thiophene rings is 1. The van der Waals surface area contributed by atoms with Gasteiger partial charge in [-0.05, 0) is 25.3 Å². The highest BCUT2D eigenvalue weighted by Gasteiger charge is 2.70. The molecule has 2 saturated heterocycles. The molecule has 0 radical (unpaired) electrons. The zero-order chi connectivity index (χ0) is 17.0. The molecule has 124 valence electrons. The summed E-state index contributed by atoms with van der Waals surface area (Å²) in [7, 11) is 0. The van der Waals surface area contributed by atoms with E-state index < -0.39 is 33.7 Å². The number of hydrogen-bond acceptors (Lipinski definition) is 6. The van der Waals surface area contributed by atoms with Crippen LogP contribution in [0, 0.1) is 0 Å². The van der Waals surface area contributed by atoms with Crippen LogP contribution in [0.2, 0.25) is 0 Å². The molecule has 2 aliphatic heterocycles. The average molecular weight is 355 g/mol. The topological polar surface area (TPSA) is 113 Å². The van der Waals surface area contributed by atoms with Crippen LogP contribution in [0.5, 0.6) is 0 Å². The van der Waals surface area contributed by atoms with E-state index in [2.05, 4.69) is 5.32 Å². The summed E-state index contributed by atoms with van der Waals surface area (Å²) < 4.78 is -0.675. The molecule has 2 fully saturated rings. The minimum atomic E-state index is -1.54. The average Bonchev–Trinajstić information content (AvgIpc) is 3.02. The summed E-state index contributed by atoms with van der Waals surface area (Å²) in [4.78, 5) is 38.2. The van der Waals surface area contributed by atoms with Crippen molar-refractivity contribution in [1.82, 2.24) is 10.2 Å². The van der Waals surface area contributed by atoms with E-state index in [9.17, 15) is 19.5 Å². The number of thioether (sulfide) groups is 1. The van der Waals surface area contributed by atoms with Gasteiger partial charge < -0.3 is 15.3 Å². The lowest BCUT2D eigenvalue weighted by Gasteiger charge is -2.50. The summed E-state index contributed by atoms with van der Waals surface area (Å²) in [5.74, 6) is -1.96. The molecule has 1 unspecified atom stereocenters. The van der Waals surface area contributed by atoms with Gasteiger partial charge in [-0.3, -0.25) is 15.3 Å². The largest absolute Gasteiger partial charge is 0.480 e. The fraction of sp³-hybridized carbons (Fsp3) is 0.500. The number of nitrogens with zero attached hydrogens (tertiary/aromatic N) is 1. The first-order valence-electron chi connectivity index (χ1n) is 7.02. The van der Waals surface area contributed by atoms with Crippen LogP contribution in [-0.4, -0.2) is 49.6 Å². The van der Waals surface area contributed by atoms with Gasteiger partial charge in [0.15, 0.2) is 5.66 Å². The molecule has 23 heavy (non-hydrogen) atoms. The minimum absolute atomic E-state index is 0.146. The molecule has 1 aromatic heterocycles. The van der Waals surface area contributed by atoms with Crippen LogP contribution in [0.1, 0.15) is 18.7 Å². The number of hydrogen-bond donors (Lipinski definition) is 3. The number of rotatable bonds is 4. The van der Waals surface area contributed by atoms with Crippen LogP contribution in [0.15, 0.2) is 17.5 Å². The molecule has 0 spiro atoms. The van der Waals surface area contributed by atoms with Gasteiger partial charge >= 0.3 is 5.97 Å². The third-order valence-electron chi connectivity index (χ3n) is 4.08. The Labute approximate surface area is 141 Å². The molecular formula is C14H17N3O4S2. The Hall–Kier alpha value is -1.58. The van der Waals surface area contributed by atoms with Crippen molar-refractivity contribution in [2.75, 3.05) is 0 Å². The number of carbonyl (C=O) groups excluding carboxylic acids is 2. The summed E-state index contributed by atoms with van der Waals surface area (Å²) in [5.41, 5.74) is 4.57. The van der Waals surface area contributed by atoms with Gasteiger partial charge in [-0.15, -0.1) is 23.1 Å². The summed E-state index contributed by atoms with van der Waals surface area (Å²) in [6.45, 7) is 3.52. The number of aliphatic carboxylic acids is 1. The summed E-state index contributed by atoms with van der Waals surface area (Å²) in [5, 5.41) is 13.3. The Morgan fingerprint density at radius 3 is 2.74 bits per heavy atom. The van der Waals surface area contributed by atoms with E-state index in [0.717, 1.165) is 4.88 Å². The lowest BCUT2D eigenvalue weighted by Crippen LogP contribution is -2.83.